The van der Waals surface area contributed by atoms with Gasteiger partial charge in [0, 0.05) is 0 Å². The van der Waals surface area contributed by atoms with Crippen LogP contribution in [0.5, 0.6) is 11.5 Å². The first-order valence-electron chi connectivity index (χ1n) is 12.2. The quantitative estimate of drug-likeness (QED) is 0.397. The fourth-order valence-electron chi connectivity index (χ4n) is 5.07. The van der Waals surface area contributed by atoms with Crippen molar-refractivity contribution < 1.29 is 31.9 Å². The second-order valence-corrected chi connectivity index (χ2v) is 11.6. The monoisotopic (exact) mass is 525 g/mol. The standard InChI is InChI=1S/C28H28FNO6S/c29-21-6-8-22(9-7-21)35-23-12-14-26(15-13-23)37(32,33)19-28(16-24-10-11-25(17-28)36-24)27(31)30-34-18-20-4-2-1-3-5-20/h1-9,12-15,24-25H,10-11,16-19H2,(H,30,31). The molecule has 37 heavy (non-hydrogen) atoms. The second kappa shape index (κ2) is 10.6. The van der Waals surface area contributed by atoms with Gasteiger partial charge in [-0.3, -0.25) is 9.63 Å². The Morgan fingerprint density at radius 3 is 2.14 bits per heavy atom. The number of sulfone groups is 1. The number of halogens is 1. The number of carbonyl (C=O) groups excluding carboxylic acids is 1. The van der Waals surface area contributed by atoms with E-state index >= 15 is 0 Å². The first-order valence-corrected chi connectivity index (χ1v) is 13.8. The highest BCUT2D eigenvalue weighted by Crippen LogP contribution is 2.45. The molecule has 3 aromatic carbocycles. The van der Waals surface area contributed by atoms with Crippen molar-refractivity contribution in [3.05, 3.63) is 90.2 Å². The average Bonchev–Trinajstić information content (AvgIpc) is 3.24. The van der Waals surface area contributed by atoms with Crippen molar-refractivity contribution in [2.45, 2.75) is 49.4 Å². The van der Waals surface area contributed by atoms with Crippen molar-refractivity contribution in [1.29, 1.82) is 0 Å². The van der Waals surface area contributed by atoms with Gasteiger partial charge in [-0.1, -0.05) is 30.3 Å². The van der Waals surface area contributed by atoms with E-state index in [0.29, 0.717) is 24.3 Å². The molecule has 2 bridgehead atoms. The van der Waals surface area contributed by atoms with Gasteiger partial charge >= 0.3 is 0 Å². The summed E-state index contributed by atoms with van der Waals surface area (Å²) < 4.78 is 51.7. The third-order valence-corrected chi connectivity index (χ3v) is 8.78. The number of hydroxylamine groups is 1. The van der Waals surface area contributed by atoms with Crippen LogP contribution in [-0.4, -0.2) is 32.3 Å². The Bertz CT molecular complexity index is 1320. The van der Waals surface area contributed by atoms with Gasteiger partial charge < -0.3 is 9.47 Å². The molecule has 2 aliphatic rings. The predicted molar refractivity (Wildman–Crippen MR) is 134 cm³/mol. The Balaban J connectivity index is 1.30. The van der Waals surface area contributed by atoms with Gasteiger partial charge in [-0.2, -0.15) is 0 Å². The van der Waals surface area contributed by atoms with E-state index in [9.17, 15) is 17.6 Å². The normalized spacial score (nSPS) is 22.9. The highest BCUT2D eigenvalue weighted by molar-refractivity contribution is 7.91. The number of carbonyl (C=O) groups is 1. The van der Waals surface area contributed by atoms with E-state index in [0.717, 1.165) is 18.4 Å². The maximum Gasteiger partial charge on any atom is 0.250 e. The zero-order valence-corrected chi connectivity index (χ0v) is 21.0. The Hall–Kier alpha value is -3.27. The smallest absolute Gasteiger partial charge is 0.250 e. The van der Waals surface area contributed by atoms with Crippen LogP contribution in [0.2, 0.25) is 0 Å². The Labute approximate surface area is 215 Å². The Morgan fingerprint density at radius 2 is 1.51 bits per heavy atom. The van der Waals surface area contributed by atoms with E-state index < -0.39 is 21.2 Å². The molecule has 1 amide bonds. The minimum absolute atomic E-state index is 0.0928. The summed E-state index contributed by atoms with van der Waals surface area (Å²) in [6.07, 6.45) is 1.94. The van der Waals surface area contributed by atoms with Gasteiger partial charge in [0.25, 0.3) is 5.91 Å². The molecule has 9 heteroatoms. The lowest BCUT2D eigenvalue weighted by Crippen LogP contribution is -2.51. The molecule has 3 aromatic rings. The molecule has 2 aliphatic heterocycles. The lowest BCUT2D eigenvalue weighted by atomic mass is 9.78. The van der Waals surface area contributed by atoms with E-state index in [4.69, 9.17) is 14.3 Å². The molecule has 194 valence electrons. The van der Waals surface area contributed by atoms with Crippen molar-refractivity contribution in [2.75, 3.05) is 5.75 Å². The minimum Gasteiger partial charge on any atom is -0.457 e. The molecule has 2 atom stereocenters. The van der Waals surface area contributed by atoms with Gasteiger partial charge in [-0.25, -0.2) is 18.3 Å². The van der Waals surface area contributed by atoms with Crippen LogP contribution in [0.25, 0.3) is 0 Å². The number of amides is 1. The maximum absolute atomic E-state index is 13.5. The number of hydrogen-bond donors (Lipinski definition) is 1. The second-order valence-electron chi connectivity index (χ2n) is 9.64. The summed E-state index contributed by atoms with van der Waals surface area (Å²) in [7, 11) is -3.83. The topological polar surface area (TPSA) is 90.9 Å². The zero-order chi connectivity index (χ0) is 25.9. The molecule has 1 N–H and O–H groups in total. The molecule has 2 heterocycles. The summed E-state index contributed by atoms with van der Waals surface area (Å²) >= 11 is 0. The number of fused-ring (bicyclic) bond motifs is 2. The summed E-state index contributed by atoms with van der Waals surface area (Å²) in [5, 5.41) is 0. The molecule has 5 rings (SSSR count). The summed E-state index contributed by atoms with van der Waals surface area (Å²) in [5.74, 6) is -0.325. The SMILES string of the molecule is O=C(NOCc1ccccc1)C1(CS(=O)(=O)c2ccc(Oc3ccc(F)cc3)cc2)CC2CCC(C1)O2. The summed E-state index contributed by atoms with van der Waals surface area (Å²) in [6.45, 7) is 0.175. The van der Waals surface area contributed by atoms with Gasteiger partial charge in [0.15, 0.2) is 9.84 Å². The van der Waals surface area contributed by atoms with Crippen molar-refractivity contribution in [3.8, 4) is 11.5 Å². The number of ether oxygens (including phenoxy) is 2. The summed E-state index contributed by atoms with van der Waals surface area (Å²) in [6, 6.07) is 20.9. The van der Waals surface area contributed by atoms with Gasteiger partial charge in [0.2, 0.25) is 0 Å². The van der Waals surface area contributed by atoms with Crippen LogP contribution in [0.15, 0.2) is 83.8 Å². The molecular formula is C28H28FNO6S. The Kier molecular flexibility index (Phi) is 7.28. The van der Waals surface area contributed by atoms with Gasteiger partial charge in [0.05, 0.1) is 34.9 Å². The van der Waals surface area contributed by atoms with Gasteiger partial charge in [-0.05, 0) is 79.8 Å². The molecule has 7 nitrogen and oxygen atoms in total. The van der Waals surface area contributed by atoms with Crippen LogP contribution in [0.4, 0.5) is 4.39 Å². The highest BCUT2D eigenvalue weighted by atomic mass is 32.2. The number of nitrogens with one attached hydrogen (secondary N) is 1. The first kappa shape index (κ1) is 25.4. The van der Waals surface area contributed by atoms with Crippen LogP contribution < -0.4 is 10.2 Å². The van der Waals surface area contributed by atoms with Crippen LogP contribution in [0.1, 0.15) is 31.2 Å². The third-order valence-electron chi connectivity index (χ3n) is 6.86. The lowest BCUT2D eigenvalue weighted by molar-refractivity contribution is -0.153. The Morgan fingerprint density at radius 1 is 0.919 bits per heavy atom. The molecule has 0 spiro atoms. The van der Waals surface area contributed by atoms with E-state index in [2.05, 4.69) is 5.48 Å². The maximum atomic E-state index is 13.5. The predicted octanol–water partition coefficient (Wildman–Crippen LogP) is 4.97. The van der Waals surface area contributed by atoms with Gasteiger partial charge in [0.1, 0.15) is 17.3 Å². The molecule has 0 aromatic heterocycles. The van der Waals surface area contributed by atoms with Crippen molar-refractivity contribution in [3.63, 3.8) is 0 Å². The molecule has 0 radical (unpaired) electrons. The molecule has 0 aliphatic carbocycles. The highest BCUT2D eigenvalue weighted by Gasteiger charge is 2.52. The molecule has 2 fully saturated rings. The van der Waals surface area contributed by atoms with E-state index in [1.54, 1.807) is 12.1 Å². The fraction of sp³-hybridized carbons (Fsp3) is 0.321. The third kappa shape index (κ3) is 6.01. The van der Waals surface area contributed by atoms with E-state index in [1.807, 2.05) is 30.3 Å². The molecule has 2 unspecified atom stereocenters. The van der Waals surface area contributed by atoms with Crippen LogP contribution in [0, 0.1) is 11.2 Å². The summed E-state index contributed by atoms with van der Waals surface area (Å²) in [5.41, 5.74) is 2.24. The minimum atomic E-state index is -3.83. The van der Waals surface area contributed by atoms with Crippen LogP contribution in [0.3, 0.4) is 0 Å². The van der Waals surface area contributed by atoms with Gasteiger partial charge in [-0.15, -0.1) is 0 Å². The average molecular weight is 526 g/mol. The first-order chi connectivity index (χ1) is 17.8. The molecular weight excluding hydrogens is 497 g/mol. The molecule has 2 saturated heterocycles. The fourth-order valence-corrected chi connectivity index (χ4v) is 6.88. The lowest BCUT2D eigenvalue weighted by Gasteiger charge is -2.38. The van der Waals surface area contributed by atoms with Crippen molar-refractivity contribution in [1.82, 2.24) is 5.48 Å². The number of benzene rings is 3. The van der Waals surface area contributed by atoms with Crippen LogP contribution in [-0.2, 0) is 30.8 Å². The van der Waals surface area contributed by atoms with E-state index in [-0.39, 0.29) is 35.3 Å². The number of rotatable bonds is 9. The van der Waals surface area contributed by atoms with Crippen molar-refractivity contribution in [2.24, 2.45) is 5.41 Å². The number of hydrogen-bond acceptors (Lipinski definition) is 6. The summed E-state index contributed by atoms with van der Waals surface area (Å²) in [4.78, 5) is 19.0. The van der Waals surface area contributed by atoms with Crippen molar-refractivity contribution >= 4 is 15.7 Å². The van der Waals surface area contributed by atoms with E-state index in [1.165, 1.54) is 36.4 Å². The molecule has 0 saturated carbocycles. The zero-order valence-electron chi connectivity index (χ0n) is 20.1. The largest absolute Gasteiger partial charge is 0.457 e. The van der Waals surface area contributed by atoms with Crippen LogP contribution >= 0.6 is 0 Å².